The first-order valence-electron chi connectivity index (χ1n) is 9.24. The van der Waals surface area contributed by atoms with Crippen LogP contribution in [0.5, 0.6) is 0 Å². The first kappa shape index (κ1) is 20.7. The average molecular weight is 381 g/mol. The Hall–Kier alpha value is -1.60. The first-order chi connectivity index (χ1) is 12.3. The number of rotatable bonds is 6. The number of guanidine groups is 1. The van der Waals surface area contributed by atoms with Crippen molar-refractivity contribution in [2.24, 2.45) is 10.9 Å². The van der Waals surface area contributed by atoms with Crippen LogP contribution in [0.1, 0.15) is 29.5 Å². The van der Waals surface area contributed by atoms with E-state index >= 15 is 0 Å². The Morgan fingerprint density at radius 3 is 2.31 bits per heavy atom. The Labute approximate surface area is 158 Å². The van der Waals surface area contributed by atoms with Gasteiger partial charge in [0.2, 0.25) is 10.0 Å². The van der Waals surface area contributed by atoms with Crippen LogP contribution < -0.4 is 10.6 Å². The Kier molecular flexibility index (Phi) is 7.46. The van der Waals surface area contributed by atoms with Crippen molar-refractivity contribution in [2.75, 3.05) is 39.5 Å². The molecule has 146 valence electrons. The van der Waals surface area contributed by atoms with Crippen molar-refractivity contribution in [3.05, 3.63) is 34.9 Å². The largest absolute Gasteiger partial charge is 0.356 e. The van der Waals surface area contributed by atoms with Crippen LogP contribution in [0.3, 0.4) is 0 Å². The summed E-state index contributed by atoms with van der Waals surface area (Å²) in [6.45, 7) is 7.13. The molecule has 26 heavy (non-hydrogen) atoms. The van der Waals surface area contributed by atoms with E-state index < -0.39 is 10.0 Å². The first-order valence-corrected chi connectivity index (χ1v) is 11.1. The van der Waals surface area contributed by atoms with Crippen LogP contribution >= 0.6 is 0 Å². The molecule has 0 bridgehead atoms. The monoisotopic (exact) mass is 380 g/mol. The van der Waals surface area contributed by atoms with E-state index in [0.29, 0.717) is 19.0 Å². The Morgan fingerprint density at radius 2 is 1.77 bits per heavy atom. The maximum absolute atomic E-state index is 11.6. The molecule has 1 aliphatic heterocycles. The van der Waals surface area contributed by atoms with Crippen LogP contribution in [0.2, 0.25) is 0 Å². The van der Waals surface area contributed by atoms with Gasteiger partial charge in [0.05, 0.1) is 6.26 Å². The van der Waals surface area contributed by atoms with Gasteiger partial charge in [-0.15, -0.1) is 0 Å². The quantitative estimate of drug-likeness (QED) is 0.582. The van der Waals surface area contributed by atoms with Crippen LogP contribution in [0, 0.1) is 19.8 Å². The van der Waals surface area contributed by atoms with Crippen molar-refractivity contribution in [3.8, 4) is 0 Å². The van der Waals surface area contributed by atoms with Gasteiger partial charge in [-0.25, -0.2) is 12.7 Å². The maximum Gasteiger partial charge on any atom is 0.211 e. The zero-order valence-corrected chi connectivity index (χ0v) is 17.2. The van der Waals surface area contributed by atoms with Gasteiger partial charge in [-0.2, -0.15) is 0 Å². The molecule has 0 spiro atoms. The molecule has 1 aliphatic rings. The molecule has 1 heterocycles. The van der Waals surface area contributed by atoms with Gasteiger partial charge < -0.3 is 10.6 Å². The lowest BCUT2D eigenvalue weighted by molar-refractivity contribution is 0.275. The summed E-state index contributed by atoms with van der Waals surface area (Å²) in [5, 5.41) is 6.73. The molecule has 6 nitrogen and oxygen atoms in total. The lowest BCUT2D eigenvalue weighted by Gasteiger charge is -2.30. The number of sulfonamides is 1. The molecule has 2 rings (SSSR count). The Morgan fingerprint density at radius 1 is 1.15 bits per heavy atom. The van der Waals surface area contributed by atoms with Gasteiger partial charge in [0.25, 0.3) is 0 Å². The van der Waals surface area contributed by atoms with Crippen molar-refractivity contribution in [1.82, 2.24) is 14.9 Å². The number of nitrogens with zero attached hydrogens (tertiary/aromatic N) is 2. The minimum Gasteiger partial charge on any atom is -0.356 e. The Balaban J connectivity index is 1.71. The number of hydrogen-bond acceptors (Lipinski definition) is 3. The molecular formula is C19H32N4O2S. The normalized spacial score (nSPS) is 17.3. The second-order valence-corrected chi connectivity index (χ2v) is 9.21. The highest BCUT2D eigenvalue weighted by Crippen LogP contribution is 2.18. The molecule has 0 atom stereocenters. The number of aryl methyl sites for hydroxylation is 2. The molecule has 0 unspecified atom stereocenters. The smallest absolute Gasteiger partial charge is 0.211 e. The van der Waals surface area contributed by atoms with Crippen LogP contribution in [-0.2, 0) is 16.4 Å². The SMILES string of the molecule is CN=C(NCCc1cc(C)cc(C)c1)NCC1CCN(S(C)(=O)=O)CC1. The van der Waals surface area contributed by atoms with Gasteiger partial charge in [0.1, 0.15) is 0 Å². The molecule has 0 aliphatic carbocycles. The summed E-state index contributed by atoms with van der Waals surface area (Å²) in [7, 11) is -1.28. The van der Waals surface area contributed by atoms with Crippen LogP contribution in [0.4, 0.5) is 0 Å². The van der Waals surface area contributed by atoms with E-state index in [9.17, 15) is 8.42 Å². The maximum atomic E-state index is 11.6. The van der Waals surface area contributed by atoms with E-state index in [-0.39, 0.29) is 0 Å². The molecule has 0 amide bonds. The van der Waals surface area contributed by atoms with Crippen molar-refractivity contribution >= 4 is 16.0 Å². The molecule has 1 aromatic rings. The van der Waals surface area contributed by atoms with Gasteiger partial charge in [0.15, 0.2) is 5.96 Å². The van der Waals surface area contributed by atoms with E-state index in [0.717, 1.165) is 38.3 Å². The van der Waals surface area contributed by atoms with Gasteiger partial charge >= 0.3 is 0 Å². The highest BCUT2D eigenvalue weighted by Gasteiger charge is 2.24. The van der Waals surface area contributed by atoms with Gasteiger partial charge in [-0.3, -0.25) is 4.99 Å². The third kappa shape index (κ3) is 6.61. The van der Waals surface area contributed by atoms with E-state index in [4.69, 9.17) is 0 Å². The number of benzene rings is 1. The van der Waals surface area contributed by atoms with E-state index in [1.54, 1.807) is 11.4 Å². The minimum absolute atomic E-state index is 0.478. The second kappa shape index (κ2) is 9.37. The summed E-state index contributed by atoms with van der Waals surface area (Å²) < 4.78 is 24.7. The van der Waals surface area contributed by atoms with E-state index in [1.807, 2.05) is 0 Å². The summed E-state index contributed by atoms with van der Waals surface area (Å²) in [5.74, 6) is 1.28. The third-order valence-corrected chi connectivity index (χ3v) is 6.12. The second-order valence-electron chi connectivity index (χ2n) is 7.23. The number of nitrogens with one attached hydrogen (secondary N) is 2. The van der Waals surface area contributed by atoms with E-state index in [2.05, 4.69) is 47.7 Å². The zero-order chi connectivity index (χ0) is 19.2. The molecule has 1 fully saturated rings. The van der Waals surface area contributed by atoms with Crippen molar-refractivity contribution in [2.45, 2.75) is 33.1 Å². The molecule has 7 heteroatoms. The van der Waals surface area contributed by atoms with E-state index in [1.165, 1.54) is 22.9 Å². The van der Waals surface area contributed by atoms with Crippen LogP contribution in [0.25, 0.3) is 0 Å². The minimum atomic E-state index is -3.05. The lowest BCUT2D eigenvalue weighted by atomic mass is 9.98. The number of hydrogen-bond donors (Lipinski definition) is 2. The highest BCUT2D eigenvalue weighted by atomic mass is 32.2. The molecule has 0 radical (unpaired) electrons. The predicted octanol–water partition coefficient (Wildman–Crippen LogP) is 1.68. The highest BCUT2D eigenvalue weighted by molar-refractivity contribution is 7.88. The van der Waals surface area contributed by atoms with Gasteiger partial charge in [-0.05, 0) is 44.6 Å². The molecule has 0 saturated carbocycles. The van der Waals surface area contributed by atoms with Crippen molar-refractivity contribution in [3.63, 3.8) is 0 Å². The fourth-order valence-corrected chi connectivity index (χ4v) is 4.32. The summed E-state index contributed by atoms with van der Waals surface area (Å²) >= 11 is 0. The molecule has 1 aromatic carbocycles. The summed E-state index contributed by atoms with van der Waals surface area (Å²) in [6.07, 6.45) is 4.02. The van der Waals surface area contributed by atoms with Gasteiger partial charge in [0, 0.05) is 33.2 Å². The molecule has 0 aromatic heterocycles. The topological polar surface area (TPSA) is 73.8 Å². The number of piperidine rings is 1. The standard InChI is InChI=1S/C19H32N4O2S/c1-15-11-16(2)13-18(12-15)5-8-21-19(20-3)22-14-17-6-9-23(10-7-17)26(4,24)25/h11-13,17H,5-10,14H2,1-4H3,(H2,20,21,22). The fourth-order valence-electron chi connectivity index (χ4n) is 3.45. The zero-order valence-electron chi connectivity index (χ0n) is 16.4. The van der Waals surface area contributed by atoms with Crippen molar-refractivity contribution in [1.29, 1.82) is 0 Å². The molecule has 2 N–H and O–H groups in total. The lowest BCUT2D eigenvalue weighted by Crippen LogP contribution is -2.44. The number of aliphatic imine (C=N–C) groups is 1. The van der Waals surface area contributed by atoms with Crippen LogP contribution in [-0.4, -0.2) is 58.2 Å². The van der Waals surface area contributed by atoms with Crippen LogP contribution in [0.15, 0.2) is 23.2 Å². The summed E-state index contributed by atoms with van der Waals surface area (Å²) in [4.78, 5) is 4.28. The molecule has 1 saturated heterocycles. The van der Waals surface area contributed by atoms with Gasteiger partial charge in [-0.1, -0.05) is 29.3 Å². The fraction of sp³-hybridized carbons (Fsp3) is 0.632. The molecular weight excluding hydrogens is 348 g/mol. The summed E-state index contributed by atoms with van der Waals surface area (Å²) in [6, 6.07) is 6.63. The third-order valence-electron chi connectivity index (χ3n) is 4.81. The van der Waals surface area contributed by atoms with Crippen molar-refractivity contribution < 1.29 is 8.42 Å². The predicted molar refractivity (Wildman–Crippen MR) is 108 cm³/mol. The average Bonchev–Trinajstić information content (AvgIpc) is 2.56. The summed E-state index contributed by atoms with van der Waals surface area (Å²) in [5.41, 5.74) is 3.92. The Bertz CT molecular complexity index is 703.